The van der Waals surface area contributed by atoms with Gasteiger partial charge in [0.15, 0.2) is 0 Å². The Bertz CT molecular complexity index is 1340. The zero-order valence-electron chi connectivity index (χ0n) is 36.4. The predicted octanol–water partition coefficient (Wildman–Crippen LogP) is 2.29. The second-order valence-corrected chi connectivity index (χ2v) is 18.1. The van der Waals surface area contributed by atoms with Crippen molar-refractivity contribution in [3.05, 3.63) is 0 Å². The lowest BCUT2D eigenvalue weighted by Gasteiger charge is -2.31. The van der Waals surface area contributed by atoms with Gasteiger partial charge in [-0.2, -0.15) is 0 Å². The standard InChI is InChI=1S/C41H75N10O7P/c1-6-37(54)46-33(28-52)27-50(23-18-34-20-25-59-48(34)5)41(58)44-22-13-8-7-12-21-43-40(57)49(26-30(2)45-38(55)31(3)42-4)24-19-35-16-17-36(51(35)29-53)39(56)47-32-14-10-9-11-15-32/h28-36,42,59H,6-27H2,1-5H3,(H,43,57)(H,44,58)(H,45,55)(H,46,54)(H,47,56)/t30-,31?,33+,34-,35-,36?/m1/s1. The zero-order chi connectivity index (χ0) is 43.2. The average molecular weight is 851 g/mol. The van der Waals surface area contributed by atoms with E-state index in [0.29, 0.717) is 57.8 Å². The summed E-state index contributed by atoms with van der Waals surface area (Å²) in [6.45, 7) is 7.49. The van der Waals surface area contributed by atoms with Gasteiger partial charge in [-0.3, -0.25) is 23.8 Å². The van der Waals surface area contributed by atoms with Crippen LogP contribution in [0.3, 0.4) is 0 Å². The van der Waals surface area contributed by atoms with Crippen molar-refractivity contribution in [3.63, 3.8) is 0 Å². The summed E-state index contributed by atoms with van der Waals surface area (Å²) >= 11 is 0. The third-order valence-corrected chi connectivity index (χ3v) is 13.3. The van der Waals surface area contributed by atoms with E-state index in [2.05, 4.69) is 43.6 Å². The lowest BCUT2D eigenvalue weighted by Crippen LogP contribution is -2.52. The number of likely N-dealkylation sites (tertiary alicyclic amines) is 1. The molecule has 2 saturated heterocycles. The van der Waals surface area contributed by atoms with Gasteiger partial charge in [0.05, 0.1) is 6.04 Å². The van der Waals surface area contributed by atoms with Crippen molar-refractivity contribution in [2.75, 3.05) is 59.5 Å². The maximum absolute atomic E-state index is 13.6. The monoisotopic (exact) mass is 851 g/mol. The summed E-state index contributed by atoms with van der Waals surface area (Å²) in [4.78, 5) is 93.4. The molecule has 0 bridgehead atoms. The van der Waals surface area contributed by atoms with Crippen LogP contribution in [0.25, 0.3) is 0 Å². The molecule has 2 aliphatic heterocycles. The molecule has 0 aromatic carbocycles. The average Bonchev–Trinajstić information content (AvgIpc) is 3.85. The number of unbranched alkanes of at least 4 members (excludes halogenated alkanes) is 3. The number of urea groups is 2. The number of rotatable bonds is 26. The van der Waals surface area contributed by atoms with Crippen LogP contribution in [-0.2, 0) is 24.0 Å². The first-order valence-corrected chi connectivity index (χ1v) is 23.3. The van der Waals surface area contributed by atoms with E-state index in [1.165, 1.54) is 6.42 Å². The molecule has 336 valence electrons. The van der Waals surface area contributed by atoms with E-state index < -0.39 is 12.1 Å². The molecular weight excluding hydrogens is 775 g/mol. The number of amides is 8. The van der Waals surface area contributed by atoms with Gasteiger partial charge in [-0.05, 0) is 91.9 Å². The number of likely N-dealkylation sites (N-methyl/N-ethyl adjacent to an activating group) is 1. The summed E-state index contributed by atoms with van der Waals surface area (Å²) in [7, 11) is 4.59. The molecule has 0 spiro atoms. The summed E-state index contributed by atoms with van der Waals surface area (Å²) in [5, 5.41) is 17.8. The van der Waals surface area contributed by atoms with Crippen LogP contribution < -0.4 is 31.9 Å². The Morgan fingerprint density at radius 2 is 1.42 bits per heavy atom. The van der Waals surface area contributed by atoms with Crippen LogP contribution in [0.15, 0.2) is 0 Å². The summed E-state index contributed by atoms with van der Waals surface area (Å²) < 4.78 is 2.33. The summed E-state index contributed by atoms with van der Waals surface area (Å²) in [5.74, 6) is -0.493. The van der Waals surface area contributed by atoms with Crippen LogP contribution in [0.5, 0.6) is 0 Å². The van der Waals surface area contributed by atoms with Crippen LogP contribution in [0, 0.1) is 0 Å². The quantitative estimate of drug-likeness (QED) is 0.0429. The highest BCUT2D eigenvalue weighted by molar-refractivity contribution is 7.35. The first-order chi connectivity index (χ1) is 28.4. The fourth-order valence-corrected chi connectivity index (χ4v) is 9.49. The van der Waals surface area contributed by atoms with E-state index in [-0.39, 0.29) is 73.5 Å². The number of hydrogen-bond donors (Lipinski definition) is 6. The molecule has 59 heavy (non-hydrogen) atoms. The second-order valence-electron chi connectivity index (χ2n) is 16.5. The van der Waals surface area contributed by atoms with Gasteiger partial charge >= 0.3 is 12.1 Å². The molecule has 0 aromatic heterocycles. The number of carbonyl (C=O) groups is 7. The lowest BCUT2D eigenvalue weighted by atomic mass is 9.95. The SMILES string of the molecule is CCC(=O)N[C@H](C=O)CN(CC[C@@H]1CCPN1C)C(=O)NCCCCCCNC(=O)N(CC[C@H]1CCC(C(=O)NC2CCCCC2)N1C=O)C[C@@H](C)NC(=O)C(C)NC. The molecule has 0 aromatic rings. The highest BCUT2D eigenvalue weighted by Crippen LogP contribution is 2.32. The third-order valence-electron chi connectivity index (χ3n) is 12.0. The van der Waals surface area contributed by atoms with Gasteiger partial charge in [-0.1, -0.05) is 47.8 Å². The van der Waals surface area contributed by atoms with Crippen LogP contribution in [0.2, 0.25) is 0 Å². The van der Waals surface area contributed by atoms with Gasteiger partial charge in [0, 0.05) is 69.9 Å². The van der Waals surface area contributed by atoms with E-state index >= 15 is 0 Å². The van der Waals surface area contributed by atoms with Gasteiger partial charge in [0.2, 0.25) is 24.1 Å². The molecule has 1 aliphatic carbocycles. The second kappa shape index (κ2) is 27.3. The molecule has 18 heteroatoms. The minimum atomic E-state index is -0.767. The van der Waals surface area contributed by atoms with Crippen LogP contribution in [-0.4, -0.2) is 164 Å². The zero-order valence-corrected chi connectivity index (χ0v) is 37.4. The Morgan fingerprint density at radius 3 is 1.98 bits per heavy atom. The highest BCUT2D eigenvalue weighted by Gasteiger charge is 2.38. The Labute approximate surface area is 354 Å². The molecule has 8 amide bonds. The number of nitrogens with one attached hydrogen (secondary N) is 6. The van der Waals surface area contributed by atoms with Crippen molar-refractivity contribution in [2.24, 2.45) is 0 Å². The molecule has 3 rings (SSSR count). The Balaban J connectivity index is 1.46. The maximum atomic E-state index is 13.6. The Kier molecular flexibility index (Phi) is 23.1. The Hall–Kier alpha value is -3.56. The predicted molar refractivity (Wildman–Crippen MR) is 231 cm³/mol. The van der Waals surface area contributed by atoms with Gasteiger partial charge in [-0.25, -0.2) is 9.59 Å². The molecular formula is C41H75N10O7P. The maximum Gasteiger partial charge on any atom is 0.317 e. The third kappa shape index (κ3) is 17.5. The van der Waals surface area contributed by atoms with Crippen molar-refractivity contribution in [1.29, 1.82) is 0 Å². The molecule has 3 fully saturated rings. The minimum absolute atomic E-state index is 0.0924. The van der Waals surface area contributed by atoms with Crippen LogP contribution in [0.4, 0.5) is 9.59 Å². The van der Waals surface area contributed by atoms with Crippen LogP contribution >= 0.6 is 8.73 Å². The van der Waals surface area contributed by atoms with Gasteiger partial charge in [0.25, 0.3) is 0 Å². The molecule has 3 unspecified atom stereocenters. The number of nitrogens with zero attached hydrogens (tertiary/aromatic N) is 4. The Morgan fingerprint density at radius 1 is 0.797 bits per heavy atom. The topological polar surface area (TPSA) is 205 Å². The molecule has 6 N–H and O–H groups in total. The molecule has 17 nitrogen and oxygen atoms in total. The molecule has 0 radical (unpaired) electrons. The van der Waals surface area contributed by atoms with Crippen molar-refractivity contribution < 1.29 is 33.6 Å². The van der Waals surface area contributed by atoms with Crippen molar-refractivity contribution in [3.8, 4) is 0 Å². The first-order valence-electron chi connectivity index (χ1n) is 22.2. The largest absolute Gasteiger partial charge is 0.352 e. The minimum Gasteiger partial charge on any atom is -0.352 e. The summed E-state index contributed by atoms with van der Waals surface area (Å²) in [6, 6.07) is -2.10. The van der Waals surface area contributed by atoms with E-state index in [1.54, 1.807) is 35.6 Å². The van der Waals surface area contributed by atoms with Crippen molar-refractivity contribution >= 4 is 51.2 Å². The molecule has 3 aliphatic rings. The van der Waals surface area contributed by atoms with Gasteiger partial charge < -0.3 is 51.4 Å². The van der Waals surface area contributed by atoms with Gasteiger partial charge in [0.1, 0.15) is 18.4 Å². The summed E-state index contributed by atoms with van der Waals surface area (Å²) in [5.41, 5.74) is 0. The number of hydrogen-bond acceptors (Lipinski definition) is 9. The fraction of sp³-hybridized carbons (Fsp3) is 0.829. The van der Waals surface area contributed by atoms with E-state index in [0.717, 1.165) is 85.5 Å². The van der Waals surface area contributed by atoms with E-state index in [1.807, 2.05) is 6.92 Å². The van der Waals surface area contributed by atoms with Crippen molar-refractivity contribution in [1.82, 2.24) is 51.3 Å². The number of carbonyl (C=O) groups excluding carboxylic acids is 7. The fourth-order valence-electron chi connectivity index (χ4n) is 8.16. The van der Waals surface area contributed by atoms with Gasteiger partial charge in [-0.15, -0.1) is 0 Å². The van der Waals surface area contributed by atoms with E-state index in [4.69, 9.17) is 0 Å². The number of aldehydes is 1. The van der Waals surface area contributed by atoms with Crippen LogP contribution in [0.1, 0.15) is 117 Å². The molecule has 1 saturated carbocycles. The summed E-state index contributed by atoms with van der Waals surface area (Å²) in [6.07, 6.45) is 15.0. The highest BCUT2D eigenvalue weighted by atomic mass is 31.1. The lowest BCUT2D eigenvalue weighted by molar-refractivity contribution is -0.133. The van der Waals surface area contributed by atoms with Crippen molar-refractivity contribution in [2.45, 2.75) is 159 Å². The molecule has 7 atom stereocenters. The first kappa shape index (κ1) is 49.8. The van der Waals surface area contributed by atoms with E-state index in [9.17, 15) is 33.6 Å². The smallest absolute Gasteiger partial charge is 0.317 e. The molecule has 2 heterocycles. The normalized spacial score (nSPS) is 21.6.